The Balaban J connectivity index is 1.72. The van der Waals surface area contributed by atoms with Gasteiger partial charge in [0.15, 0.2) is 0 Å². The zero-order valence-electron chi connectivity index (χ0n) is 11.3. The summed E-state index contributed by atoms with van der Waals surface area (Å²) in [6.07, 6.45) is 3.33. The summed E-state index contributed by atoms with van der Waals surface area (Å²) < 4.78 is 0. The van der Waals surface area contributed by atoms with Crippen molar-refractivity contribution in [3.63, 3.8) is 0 Å². The zero-order valence-corrected chi connectivity index (χ0v) is 12.0. The van der Waals surface area contributed by atoms with Gasteiger partial charge < -0.3 is 5.32 Å². The molecule has 0 heterocycles. The monoisotopic (exact) mass is 284 g/mol. The van der Waals surface area contributed by atoms with Crippen LogP contribution in [0.4, 0.5) is 5.69 Å². The Hall–Kier alpha value is -1.98. The van der Waals surface area contributed by atoms with E-state index in [9.17, 15) is 0 Å². The Labute approximate surface area is 125 Å². The molecule has 0 aliphatic rings. The van der Waals surface area contributed by atoms with Crippen molar-refractivity contribution < 1.29 is 0 Å². The molecule has 0 aliphatic heterocycles. The molecule has 0 aromatic heterocycles. The van der Waals surface area contributed by atoms with Gasteiger partial charge in [-0.05, 0) is 43.0 Å². The van der Waals surface area contributed by atoms with E-state index in [2.05, 4.69) is 35.7 Å². The van der Waals surface area contributed by atoms with E-state index >= 15 is 0 Å². The number of halogens is 1. The fraction of sp³-hybridized carbons (Fsp3) is 0.235. The summed E-state index contributed by atoms with van der Waals surface area (Å²) in [5, 5.41) is 12.7. The van der Waals surface area contributed by atoms with Crippen LogP contribution in [0.5, 0.6) is 0 Å². The van der Waals surface area contributed by atoms with Gasteiger partial charge in [0.1, 0.15) is 0 Å². The van der Waals surface area contributed by atoms with Crippen molar-refractivity contribution in [2.75, 3.05) is 11.9 Å². The lowest BCUT2D eigenvalue weighted by atomic mass is 10.1. The summed E-state index contributed by atoms with van der Waals surface area (Å²) >= 11 is 6.10. The molecule has 2 aromatic carbocycles. The van der Waals surface area contributed by atoms with Crippen LogP contribution in [0, 0.1) is 11.3 Å². The number of rotatable bonds is 6. The van der Waals surface area contributed by atoms with Crippen LogP contribution < -0.4 is 5.32 Å². The number of anilines is 1. The Kier molecular flexibility index (Phi) is 5.46. The van der Waals surface area contributed by atoms with Gasteiger partial charge in [-0.25, -0.2) is 0 Å². The lowest BCUT2D eigenvalue weighted by Crippen LogP contribution is -2.02. The molecule has 0 radical (unpaired) electrons. The highest BCUT2D eigenvalue weighted by molar-refractivity contribution is 6.33. The van der Waals surface area contributed by atoms with E-state index in [0.29, 0.717) is 10.6 Å². The van der Waals surface area contributed by atoms with Crippen molar-refractivity contribution in [1.82, 2.24) is 0 Å². The lowest BCUT2D eigenvalue weighted by Gasteiger charge is -2.08. The van der Waals surface area contributed by atoms with Crippen LogP contribution in [0.2, 0.25) is 5.02 Å². The topological polar surface area (TPSA) is 35.8 Å². The molecule has 0 saturated carbocycles. The van der Waals surface area contributed by atoms with Crippen LogP contribution in [0.3, 0.4) is 0 Å². The molecular formula is C17H17ClN2. The molecule has 1 N–H and O–H groups in total. The molecular weight excluding hydrogens is 268 g/mol. The quantitative estimate of drug-likeness (QED) is 0.784. The van der Waals surface area contributed by atoms with Gasteiger partial charge in [0.2, 0.25) is 0 Å². The van der Waals surface area contributed by atoms with Gasteiger partial charge in [0, 0.05) is 6.54 Å². The van der Waals surface area contributed by atoms with Crippen molar-refractivity contribution in [3.05, 3.63) is 64.7 Å². The second kappa shape index (κ2) is 7.57. The van der Waals surface area contributed by atoms with Crippen molar-refractivity contribution in [3.8, 4) is 6.07 Å². The van der Waals surface area contributed by atoms with Gasteiger partial charge in [-0.2, -0.15) is 5.26 Å². The number of unbranched alkanes of at least 4 members (excludes halogenated alkanes) is 1. The number of nitrogens with zero attached hydrogens (tertiary/aromatic N) is 1. The van der Waals surface area contributed by atoms with Crippen molar-refractivity contribution in [1.29, 1.82) is 5.26 Å². The van der Waals surface area contributed by atoms with Gasteiger partial charge in [0.25, 0.3) is 0 Å². The maximum atomic E-state index is 8.78. The molecule has 2 nitrogen and oxygen atoms in total. The van der Waals surface area contributed by atoms with Crippen LogP contribution in [0.15, 0.2) is 48.5 Å². The molecule has 0 aliphatic carbocycles. The minimum Gasteiger partial charge on any atom is -0.384 e. The predicted molar refractivity (Wildman–Crippen MR) is 84.0 cm³/mol. The van der Waals surface area contributed by atoms with Crippen molar-refractivity contribution >= 4 is 17.3 Å². The average Bonchev–Trinajstić information content (AvgIpc) is 2.49. The molecule has 0 atom stereocenters. The molecule has 2 rings (SSSR count). The smallest absolute Gasteiger partial charge is 0.0992 e. The van der Waals surface area contributed by atoms with E-state index < -0.39 is 0 Å². The number of benzene rings is 2. The number of hydrogen-bond acceptors (Lipinski definition) is 2. The first kappa shape index (κ1) is 14.4. The molecule has 3 heteroatoms. The van der Waals surface area contributed by atoms with Gasteiger partial charge in [0.05, 0.1) is 22.3 Å². The summed E-state index contributed by atoms with van der Waals surface area (Å²) in [5.74, 6) is 0. The Morgan fingerprint density at radius 3 is 2.55 bits per heavy atom. The van der Waals surface area contributed by atoms with E-state index in [1.165, 1.54) is 5.56 Å². The maximum Gasteiger partial charge on any atom is 0.0992 e. The predicted octanol–water partition coefficient (Wildman–Crippen LogP) is 4.65. The van der Waals surface area contributed by atoms with Crippen LogP contribution in [-0.2, 0) is 6.42 Å². The van der Waals surface area contributed by atoms with E-state index in [-0.39, 0.29) is 0 Å². The second-order valence-electron chi connectivity index (χ2n) is 4.68. The number of nitriles is 1. The van der Waals surface area contributed by atoms with Gasteiger partial charge in [-0.3, -0.25) is 0 Å². The summed E-state index contributed by atoms with van der Waals surface area (Å²) in [5.41, 5.74) is 2.86. The van der Waals surface area contributed by atoms with Crippen LogP contribution >= 0.6 is 11.6 Å². The Morgan fingerprint density at radius 2 is 1.85 bits per heavy atom. The highest BCUT2D eigenvalue weighted by Gasteiger charge is 2.01. The second-order valence-corrected chi connectivity index (χ2v) is 5.08. The summed E-state index contributed by atoms with van der Waals surface area (Å²) in [6, 6.07) is 17.9. The Morgan fingerprint density at radius 1 is 1.05 bits per heavy atom. The number of nitrogens with one attached hydrogen (secondary N) is 1. The summed E-state index contributed by atoms with van der Waals surface area (Å²) in [7, 11) is 0. The molecule has 0 fully saturated rings. The molecule has 0 bridgehead atoms. The number of hydrogen-bond donors (Lipinski definition) is 1. The SMILES string of the molecule is N#Cc1ccc(NCCCCc2ccccc2)c(Cl)c1. The van der Waals surface area contributed by atoms with Gasteiger partial charge >= 0.3 is 0 Å². The summed E-state index contributed by atoms with van der Waals surface area (Å²) in [4.78, 5) is 0. The highest BCUT2D eigenvalue weighted by Crippen LogP contribution is 2.22. The minimum absolute atomic E-state index is 0.588. The number of aryl methyl sites for hydroxylation is 1. The zero-order chi connectivity index (χ0) is 14.2. The molecule has 2 aromatic rings. The highest BCUT2D eigenvalue weighted by atomic mass is 35.5. The van der Waals surface area contributed by atoms with Gasteiger partial charge in [-0.1, -0.05) is 41.9 Å². The molecule has 20 heavy (non-hydrogen) atoms. The van der Waals surface area contributed by atoms with Crippen LogP contribution in [0.25, 0.3) is 0 Å². The average molecular weight is 285 g/mol. The van der Waals surface area contributed by atoms with E-state index in [4.69, 9.17) is 16.9 Å². The van der Waals surface area contributed by atoms with Crippen LogP contribution in [0.1, 0.15) is 24.0 Å². The van der Waals surface area contributed by atoms with E-state index in [1.54, 1.807) is 12.1 Å². The van der Waals surface area contributed by atoms with E-state index in [1.807, 2.05) is 12.1 Å². The maximum absolute atomic E-state index is 8.78. The largest absolute Gasteiger partial charge is 0.384 e. The lowest BCUT2D eigenvalue weighted by molar-refractivity contribution is 0.763. The van der Waals surface area contributed by atoms with Crippen molar-refractivity contribution in [2.45, 2.75) is 19.3 Å². The third-order valence-electron chi connectivity index (χ3n) is 3.15. The standard InChI is InChI=1S/C17H17ClN2/c18-16-12-15(13-19)9-10-17(16)20-11-5-4-8-14-6-2-1-3-7-14/h1-3,6-7,9-10,12,20H,4-5,8,11H2. The van der Waals surface area contributed by atoms with Crippen molar-refractivity contribution in [2.24, 2.45) is 0 Å². The molecule has 0 unspecified atom stereocenters. The molecule has 0 amide bonds. The Bertz CT molecular complexity index is 588. The first-order chi connectivity index (χ1) is 9.79. The first-order valence-corrected chi connectivity index (χ1v) is 7.15. The third kappa shape index (κ3) is 4.29. The molecule has 0 saturated heterocycles. The van der Waals surface area contributed by atoms with Gasteiger partial charge in [-0.15, -0.1) is 0 Å². The third-order valence-corrected chi connectivity index (χ3v) is 3.46. The minimum atomic E-state index is 0.588. The molecule has 0 spiro atoms. The normalized spacial score (nSPS) is 10.0. The fourth-order valence-electron chi connectivity index (χ4n) is 2.05. The summed E-state index contributed by atoms with van der Waals surface area (Å²) in [6.45, 7) is 0.887. The van der Waals surface area contributed by atoms with E-state index in [0.717, 1.165) is 31.5 Å². The fourth-order valence-corrected chi connectivity index (χ4v) is 2.30. The van der Waals surface area contributed by atoms with Crippen LogP contribution in [-0.4, -0.2) is 6.54 Å². The molecule has 102 valence electrons. The first-order valence-electron chi connectivity index (χ1n) is 6.77.